The summed E-state index contributed by atoms with van der Waals surface area (Å²) in [6.45, 7) is 0. The number of ether oxygens (including phenoxy) is 1. The van der Waals surface area contributed by atoms with Gasteiger partial charge in [-0.15, -0.1) is 11.3 Å². The summed E-state index contributed by atoms with van der Waals surface area (Å²) in [6, 6.07) is 17.7. The van der Waals surface area contributed by atoms with E-state index in [2.05, 4.69) is 0 Å². The summed E-state index contributed by atoms with van der Waals surface area (Å²) in [5.74, 6) is 0.901. The van der Waals surface area contributed by atoms with Crippen molar-refractivity contribution in [3.05, 3.63) is 65.0 Å². The van der Waals surface area contributed by atoms with E-state index in [1.165, 1.54) is 0 Å². The van der Waals surface area contributed by atoms with Gasteiger partial charge in [0, 0.05) is 16.7 Å². The normalized spacial score (nSPS) is 10.7. The van der Waals surface area contributed by atoms with E-state index in [1.807, 2.05) is 54.6 Å². The molecule has 3 heteroatoms. The molecular weight excluding hydrogens is 268 g/mol. The Hall–Kier alpha value is -2.13. The summed E-state index contributed by atoms with van der Waals surface area (Å²) in [5.41, 5.74) is 0.928. The highest BCUT2D eigenvalue weighted by molar-refractivity contribution is 7.20. The second-order valence-electron chi connectivity index (χ2n) is 4.56. The maximum Gasteiger partial charge on any atom is 0.177 e. The molecule has 20 heavy (non-hydrogen) atoms. The molecule has 0 spiro atoms. The molecule has 0 radical (unpaired) electrons. The monoisotopic (exact) mass is 282 g/mol. The first kappa shape index (κ1) is 12.9. The first-order valence-electron chi connectivity index (χ1n) is 6.41. The average Bonchev–Trinajstić information content (AvgIpc) is 2.92. The van der Waals surface area contributed by atoms with Crippen molar-refractivity contribution in [3.63, 3.8) is 0 Å². The van der Waals surface area contributed by atoms with Crippen LogP contribution in [-0.2, 0) is 6.42 Å². The maximum absolute atomic E-state index is 12.4. The molecular formula is C17H14O2S. The zero-order chi connectivity index (χ0) is 13.9. The number of hydrogen-bond acceptors (Lipinski definition) is 3. The van der Waals surface area contributed by atoms with Crippen LogP contribution in [0.15, 0.2) is 54.6 Å². The Morgan fingerprint density at radius 2 is 1.85 bits per heavy atom. The van der Waals surface area contributed by atoms with E-state index in [4.69, 9.17) is 4.74 Å². The Morgan fingerprint density at radius 1 is 1.10 bits per heavy atom. The molecule has 0 aliphatic carbocycles. The SMILES string of the molecule is COc1ccccc1CC(=O)c1cc2ccccc2s1. The minimum Gasteiger partial charge on any atom is -0.496 e. The highest BCUT2D eigenvalue weighted by Crippen LogP contribution is 2.27. The van der Waals surface area contributed by atoms with Gasteiger partial charge in [-0.3, -0.25) is 4.79 Å². The standard InChI is InChI=1S/C17H14O2S/c1-19-15-8-4-2-6-12(15)10-14(18)17-11-13-7-3-5-9-16(13)20-17/h2-9,11H,10H2,1H3. The van der Waals surface area contributed by atoms with Crippen molar-refractivity contribution < 1.29 is 9.53 Å². The van der Waals surface area contributed by atoms with E-state index in [1.54, 1.807) is 18.4 Å². The lowest BCUT2D eigenvalue weighted by atomic mass is 10.1. The molecule has 0 aliphatic rings. The fraction of sp³-hybridized carbons (Fsp3) is 0.118. The van der Waals surface area contributed by atoms with Crippen molar-refractivity contribution in [1.82, 2.24) is 0 Å². The van der Waals surface area contributed by atoms with Gasteiger partial charge in [0.1, 0.15) is 5.75 Å². The van der Waals surface area contributed by atoms with Crippen LogP contribution >= 0.6 is 11.3 Å². The van der Waals surface area contributed by atoms with Gasteiger partial charge in [0.2, 0.25) is 0 Å². The minimum absolute atomic E-state index is 0.135. The quantitative estimate of drug-likeness (QED) is 0.666. The van der Waals surface area contributed by atoms with E-state index in [-0.39, 0.29) is 5.78 Å². The van der Waals surface area contributed by atoms with E-state index >= 15 is 0 Å². The van der Waals surface area contributed by atoms with E-state index < -0.39 is 0 Å². The van der Waals surface area contributed by atoms with Gasteiger partial charge < -0.3 is 4.74 Å². The molecule has 0 fully saturated rings. The third kappa shape index (κ3) is 2.45. The van der Waals surface area contributed by atoms with Crippen LogP contribution in [0.4, 0.5) is 0 Å². The van der Waals surface area contributed by atoms with Crippen molar-refractivity contribution >= 4 is 27.2 Å². The molecule has 2 nitrogen and oxygen atoms in total. The Kier molecular flexibility index (Phi) is 3.52. The number of hydrogen-bond donors (Lipinski definition) is 0. The van der Waals surface area contributed by atoms with Gasteiger partial charge in [0.05, 0.1) is 12.0 Å². The number of thiophene rings is 1. The largest absolute Gasteiger partial charge is 0.496 e. The molecule has 0 saturated heterocycles. The van der Waals surface area contributed by atoms with E-state index in [0.717, 1.165) is 26.3 Å². The first-order chi connectivity index (χ1) is 9.78. The summed E-state index contributed by atoms with van der Waals surface area (Å²) in [5, 5.41) is 1.13. The number of para-hydroxylation sites is 1. The van der Waals surface area contributed by atoms with Crippen molar-refractivity contribution in [2.45, 2.75) is 6.42 Å². The Balaban J connectivity index is 1.89. The van der Waals surface area contributed by atoms with Crippen molar-refractivity contribution in [2.75, 3.05) is 7.11 Å². The predicted molar refractivity (Wildman–Crippen MR) is 82.9 cm³/mol. The van der Waals surface area contributed by atoms with Crippen LogP contribution in [0.3, 0.4) is 0 Å². The van der Waals surface area contributed by atoms with Crippen molar-refractivity contribution in [3.8, 4) is 5.75 Å². The van der Waals surface area contributed by atoms with Gasteiger partial charge >= 0.3 is 0 Å². The van der Waals surface area contributed by atoms with Gasteiger partial charge in [-0.05, 0) is 23.6 Å². The second-order valence-corrected chi connectivity index (χ2v) is 5.64. The lowest BCUT2D eigenvalue weighted by Gasteiger charge is -2.06. The Labute approximate surface area is 121 Å². The number of benzene rings is 2. The van der Waals surface area contributed by atoms with Crippen LogP contribution in [0, 0.1) is 0 Å². The highest BCUT2D eigenvalue weighted by Gasteiger charge is 2.13. The molecule has 3 aromatic rings. The second kappa shape index (κ2) is 5.47. The predicted octanol–water partition coefficient (Wildman–Crippen LogP) is 4.34. The van der Waals surface area contributed by atoms with Gasteiger partial charge in [-0.25, -0.2) is 0 Å². The molecule has 0 aliphatic heterocycles. The zero-order valence-corrected chi connectivity index (χ0v) is 11.9. The molecule has 3 rings (SSSR count). The number of rotatable bonds is 4. The van der Waals surface area contributed by atoms with E-state index in [9.17, 15) is 4.79 Å². The molecule has 0 atom stereocenters. The van der Waals surface area contributed by atoms with Crippen molar-refractivity contribution in [2.24, 2.45) is 0 Å². The molecule has 1 aromatic heterocycles. The summed E-state index contributed by atoms with van der Waals surface area (Å²) in [7, 11) is 1.63. The third-order valence-corrected chi connectivity index (χ3v) is 4.40. The minimum atomic E-state index is 0.135. The lowest BCUT2D eigenvalue weighted by Crippen LogP contribution is -2.02. The molecule has 0 unspecified atom stereocenters. The summed E-state index contributed by atoms with van der Waals surface area (Å²) in [6.07, 6.45) is 0.372. The van der Waals surface area contributed by atoms with E-state index in [0.29, 0.717) is 6.42 Å². The lowest BCUT2D eigenvalue weighted by molar-refractivity contribution is 0.0996. The zero-order valence-electron chi connectivity index (χ0n) is 11.1. The smallest absolute Gasteiger partial charge is 0.177 e. The van der Waals surface area contributed by atoms with Crippen LogP contribution in [0.2, 0.25) is 0 Å². The fourth-order valence-electron chi connectivity index (χ4n) is 2.23. The van der Waals surface area contributed by atoms with Crippen LogP contribution < -0.4 is 4.74 Å². The van der Waals surface area contributed by atoms with Crippen LogP contribution in [0.25, 0.3) is 10.1 Å². The molecule has 2 aromatic carbocycles. The number of Topliss-reactive ketones (excluding diaryl/α,β-unsaturated/α-hetero) is 1. The first-order valence-corrected chi connectivity index (χ1v) is 7.23. The molecule has 0 saturated carbocycles. The number of carbonyl (C=O) groups excluding carboxylic acids is 1. The summed E-state index contributed by atoms with van der Waals surface area (Å²) in [4.78, 5) is 13.2. The maximum atomic E-state index is 12.4. The number of methoxy groups -OCH3 is 1. The average molecular weight is 282 g/mol. The highest BCUT2D eigenvalue weighted by atomic mass is 32.1. The number of fused-ring (bicyclic) bond motifs is 1. The van der Waals surface area contributed by atoms with Crippen LogP contribution in [-0.4, -0.2) is 12.9 Å². The van der Waals surface area contributed by atoms with Crippen molar-refractivity contribution in [1.29, 1.82) is 0 Å². The molecule has 1 heterocycles. The van der Waals surface area contributed by atoms with Crippen LogP contribution in [0.1, 0.15) is 15.2 Å². The van der Waals surface area contributed by atoms with Gasteiger partial charge in [0.15, 0.2) is 5.78 Å². The molecule has 100 valence electrons. The van der Waals surface area contributed by atoms with Crippen LogP contribution in [0.5, 0.6) is 5.75 Å². The Morgan fingerprint density at radius 3 is 2.65 bits per heavy atom. The van der Waals surface area contributed by atoms with Gasteiger partial charge in [-0.1, -0.05) is 36.4 Å². The van der Waals surface area contributed by atoms with Gasteiger partial charge in [0.25, 0.3) is 0 Å². The summed E-state index contributed by atoms with van der Waals surface area (Å²) >= 11 is 1.55. The Bertz CT molecular complexity index is 725. The third-order valence-electron chi connectivity index (χ3n) is 3.24. The topological polar surface area (TPSA) is 26.3 Å². The number of ketones is 1. The molecule has 0 bridgehead atoms. The molecule has 0 N–H and O–H groups in total. The van der Waals surface area contributed by atoms with Gasteiger partial charge in [-0.2, -0.15) is 0 Å². The fourth-order valence-corrected chi connectivity index (χ4v) is 3.23. The summed E-state index contributed by atoms with van der Waals surface area (Å²) < 4.78 is 6.44. The molecule has 0 amide bonds. The number of carbonyl (C=O) groups is 1.